The van der Waals surface area contributed by atoms with Crippen LogP contribution in [0.2, 0.25) is 0 Å². The highest BCUT2D eigenvalue weighted by Gasteiger charge is 2.04. The number of H-pyrrole nitrogens is 2. The predicted molar refractivity (Wildman–Crippen MR) is 93.7 cm³/mol. The lowest BCUT2D eigenvalue weighted by atomic mass is 10.1. The van der Waals surface area contributed by atoms with E-state index in [1.54, 1.807) is 24.5 Å². The summed E-state index contributed by atoms with van der Waals surface area (Å²) in [5.74, 6) is 0.373. The van der Waals surface area contributed by atoms with Crippen molar-refractivity contribution in [1.29, 1.82) is 0 Å². The molecule has 0 bridgehead atoms. The van der Waals surface area contributed by atoms with Gasteiger partial charge in [-0.05, 0) is 29.8 Å². The fraction of sp³-hybridized carbons (Fsp3) is 0.0556. The number of benzene rings is 2. The Morgan fingerprint density at radius 3 is 2.52 bits per heavy atom. The monoisotopic (exact) mass is 335 g/mol. The number of hydrogen-bond donors (Lipinski definition) is 3. The molecule has 7 heteroatoms. The molecule has 0 spiro atoms. The zero-order chi connectivity index (χ0) is 17.2. The van der Waals surface area contributed by atoms with Gasteiger partial charge in [-0.3, -0.25) is 4.98 Å². The second-order valence-corrected chi connectivity index (χ2v) is 5.61. The molecule has 0 radical (unpaired) electrons. The Labute approximate surface area is 141 Å². The van der Waals surface area contributed by atoms with Crippen LogP contribution in [0.4, 0.5) is 10.2 Å². The lowest BCUT2D eigenvalue weighted by molar-refractivity contribution is 0.627. The first-order valence-electron chi connectivity index (χ1n) is 7.70. The van der Waals surface area contributed by atoms with E-state index in [9.17, 15) is 9.18 Å². The number of hydrogen-bond acceptors (Lipinski definition) is 4. The molecule has 0 saturated heterocycles. The summed E-state index contributed by atoms with van der Waals surface area (Å²) in [6, 6.07) is 11.8. The fourth-order valence-corrected chi connectivity index (χ4v) is 2.56. The molecule has 0 fully saturated rings. The van der Waals surface area contributed by atoms with Gasteiger partial charge in [0.25, 0.3) is 0 Å². The van der Waals surface area contributed by atoms with E-state index in [4.69, 9.17) is 0 Å². The zero-order valence-electron chi connectivity index (χ0n) is 13.1. The number of nitrogens with one attached hydrogen (secondary N) is 3. The highest BCUT2D eigenvalue weighted by molar-refractivity contribution is 5.80. The van der Waals surface area contributed by atoms with Crippen LogP contribution in [0.15, 0.2) is 59.7 Å². The summed E-state index contributed by atoms with van der Waals surface area (Å²) < 4.78 is 12.9. The van der Waals surface area contributed by atoms with Gasteiger partial charge in [-0.1, -0.05) is 18.2 Å². The van der Waals surface area contributed by atoms with E-state index < -0.39 is 0 Å². The Kier molecular flexibility index (Phi) is 3.74. The molecule has 2 aromatic heterocycles. The van der Waals surface area contributed by atoms with Crippen LogP contribution in [0.25, 0.3) is 22.3 Å². The summed E-state index contributed by atoms with van der Waals surface area (Å²) in [7, 11) is 0. The summed E-state index contributed by atoms with van der Waals surface area (Å²) in [4.78, 5) is 25.5. The van der Waals surface area contributed by atoms with Gasteiger partial charge < -0.3 is 15.3 Å². The molecule has 0 aliphatic carbocycles. The van der Waals surface area contributed by atoms with Gasteiger partial charge in [0.2, 0.25) is 0 Å². The molecule has 0 atom stereocenters. The largest absolute Gasteiger partial charge is 0.365 e. The average Bonchev–Trinajstić information content (AvgIpc) is 3.01. The van der Waals surface area contributed by atoms with Gasteiger partial charge in [-0.15, -0.1) is 0 Å². The van der Waals surface area contributed by atoms with Crippen molar-refractivity contribution in [2.45, 2.75) is 6.54 Å². The van der Waals surface area contributed by atoms with E-state index in [1.807, 2.05) is 18.2 Å². The second kappa shape index (κ2) is 6.20. The van der Waals surface area contributed by atoms with Crippen molar-refractivity contribution in [2.24, 2.45) is 0 Å². The molecular weight excluding hydrogens is 321 g/mol. The molecule has 0 amide bonds. The lowest BCUT2D eigenvalue weighted by Crippen LogP contribution is -2.02. The molecule has 0 saturated carbocycles. The number of aromatic nitrogens is 4. The van der Waals surface area contributed by atoms with Crippen LogP contribution in [0.3, 0.4) is 0 Å². The van der Waals surface area contributed by atoms with Gasteiger partial charge in [0, 0.05) is 12.1 Å². The zero-order valence-corrected chi connectivity index (χ0v) is 13.1. The van der Waals surface area contributed by atoms with Gasteiger partial charge in [0.15, 0.2) is 0 Å². The first-order chi connectivity index (χ1) is 12.2. The Morgan fingerprint density at radius 1 is 0.960 bits per heavy atom. The van der Waals surface area contributed by atoms with Crippen molar-refractivity contribution in [2.75, 3.05) is 5.32 Å². The third kappa shape index (κ3) is 3.25. The number of halogens is 1. The van der Waals surface area contributed by atoms with Crippen LogP contribution >= 0.6 is 0 Å². The maximum Gasteiger partial charge on any atom is 0.323 e. The molecule has 0 aliphatic rings. The van der Waals surface area contributed by atoms with Crippen molar-refractivity contribution in [3.8, 4) is 11.3 Å². The lowest BCUT2D eigenvalue weighted by Gasteiger charge is -2.06. The summed E-state index contributed by atoms with van der Waals surface area (Å²) in [5.41, 5.74) is 3.76. The van der Waals surface area contributed by atoms with E-state index >= 15 is 0 Å². The number of anilines is 1. The standard InChI is InChI=1S/C18H14FN5O/c19-13-4-1-11(2-5-13)8-21-17-10-20-16(9-22-17)12-3-6-14-15(7-12)24-18(25)23-14/h1-7,9-10H,8H2,(H,21,22)(H2,23,24,25). The van der Waals surface area contributed by atoms with Crippen LogP contribution in [-0.4, -0.2) is 19.9 Å². The van der Waals surface area contributed by atoms with Crippen LogP contribution in [0.5, 0.6) is 0 Å². The fourth-order valence-electron chi connectivity index (χ4n) is 2.56. The molecule has 0 aliphatic heterocycles. The molecule has 25 heavy (non-hydrogen) atoms. The SMILES string of the molecule is O=c1[nH]c2ccc(-c3cnc(NCc4ccc(F)cc4)cn3)cc2[nH]1. The average molecular weight is 335 g/mol. The quantitative estimate of drug-likeness (QED) is 0.535. The van der Waals surface area contributed by atoms with Gasteiger partial charge >= 0.3 is 5.69 Å². The summed E-state index contributed by atoms with van der Waals surface area (Å²) >= 11 is 0. The summed E-state index contributed by atoms with van der Waals surface area (Å²) in [6.45, 7) is 0.533. The third-order valence-electron chi connectivity index (χ3n) is 3.85. The number of aromatic amines is 2. The molecule has 4 aromatic rings. The smallest absolute Gasteiger partial charge is 0.323 e. The van der Waals surface area contributed by atoms with E-state index in [2.05, 4.69) is 25.3 Å². The molecule has 2 aromatic carbocycles. The van der Waals surface area contributed by atoms with Crippen molar-refractivity contribution in [3.63, 3.8) is 0 Å². The van der Waals surface area contributed by atoms with Crippen molar-refractivity contribution < 1.29 is 4.39 Å². The first kappa shape index (κ1) is 15.1. The number of nitrogens with zero attached hydrogens (tertiary/aromatic N) is 2. The van der Waals surface area contributed by atoms with Crippen LogP contribution in [-0.2, 0) is 6.54 Å². The maximum absolute atomic E-state index is 12.9. The van der Waals surface area contributed by atoms with E-state index in [1.165, 1.54) is 12.1 Å². The summed E-state index contributed by atoms with van der Waals surface area (Å²) in [6.07, 6.45) is 3.31. The van der Waals surface area contributed by atoms with Crippen LogP contribution in [0, 0.1) is 5.82 Å². The minimum absolute atomic E-state index is 0.237. The number of imidazole rings is 1. The molecule has 6 nitrogen and oxygen atoms in total. The first-order valence-corrected chi connectivity index (χ1v) is 7.70. The van der Waals surface area contributed by atoms with Gasteiger partial charge in [-0.2, -0.15) is 0 Å². The number of rotatable bonds is 4. The highest BCUT2D eigenvalue weighted by atomic mass is 19.1. The Balaban J connectivity index is 1.50. The third-order valence-corrected chi connectivity index (χ3v) is 3.85. The molecule has 124 valence electrons. The van der Waals surface area contributed by atoms with Gasteiger partial charge in [-0.25, -0.2) is 14.2 Å². The molecular formula is C18H14FN5O. The minimum Gasteiger partial charge on any atom is -0.365 e. The second-order valence-electron chi connectivity index (χ2n) is 5.61. The van der Waals surface area contributed by atoms with Gasteiger partial charge in [0.05, 0.1) is 29.1 Å². The summed E-state index contributed by atoms with van der Waals surface area (Å²) in [5, 5.41) is 3.14. The van der Waals surface area contributed by atoms with Crippen molar-refractivity contribution >= 4 is 16.9 Å². The topological polar surface area (TPSA) is 86.5 Å². The van der Waals surface area contributed by atoms with E-state index in [0.29, 0.717) is 18.1 Å². The minimum atomic E-state index is -0.256. The van der Waals surface area contributed by atoms with Crippen LogP contribution < -0.4 is 11.0 Å². The van der Waals surface area contributed by atoms with E-state index in [0.717, 1.165) is 22.2 Å². The molecule has 2 heterocycles. The molecule has 0 unspecified atom stereocenters. The number of fused-ring (bicyclic) bond motifs is 1. The molecule has 3 N–H and O–H groups in total. The maximum atomic E-state index is 12.9. The predicted octanol–water partition coefficient (Wildman–Crippen LogP) is 3.06. The highest BCUT2D eigenvalue weighted by Crippen LogP contribution is 2.20. The Bertz CT molecular complexity index is 1070. The van der Waals surface area contributed by atoms with Gasteiger partial charge in [0.1, 0.15) is 11.6 Å². The van der Waals surface area contributed by atoms with Crippen molar-refractivity contribution in [3.05, 3.63) is 76.7 Å². The molecule has 4 rings (SSSR count). The Hall–Kier alpha value is -3.48. The normalized spacial score (nSPS) is 10.9. The van der Waals surface area contributed by atoms with E-state index in [-0.39, 0.29) is 11.5 Å². The Morgan fingerprint density at radius 2 is 1.76 bits per heavy atom. The van der Waals surface area contributed by atoms with Crippen molar-refractivity contribution in [1.82, 2.24) is 19.9 Å². The van der Waals surface area contributed by atoms with Crippen LogP contribution in [0.1, 0.15) is 5.56 Å².